The second-order valence-corrected chi connectivity index (χ2v) is 6.05. The Kier molecular flexibility index (Phi) is 5.77. The fraction of sp³-hybridized carbons (Fsp3) is 0.200. The number of ether oxygens (including phenoxy) is 2. The van der Waals surface area contributed by atoms with E-state index in [9.17, 15) is 19.7 Å². The average Bonchev–Trinajstić information content (AvgIpc) is 3.03. The summed E-state index contributed by atoms with van der Waals surface area (Å²) in [6, 6.07) is 10.8. The fourth-order valence-electron chi connectivity index (χ4n) is 2.77. The van der Waals surface area contributed by atoms with Crippen molar-refractivity contribution in [2.24, 2.45) is 0 Å². The van der Waals surface area contributed by atoms with Crippen LogP contribution in [0.3, 0.4) is 0 Å². The summed E-state index contributed by atoms with van der Waals surface area (Å²) in [6.45, 7) is 3.45. The number of anilines is 1. The lowest BCUT2D eigenvalue weighted by molar-refractivity contribution is -0.383. The van der Waals surface area contributed by atoms with Gasteiger partial charge in [0.05, 0.1) is 11.5 Å². The molecule has 0 atom stereocenters. The van der Waals surface area contributed by atoms with Gasteiger partial charge in [0.2, 0.25) is 5.76 Å². The number of nitrogens with one attached hydrogen (secondary N) is 1. The highest BCUT2D eigenvalue weighted by atomic mass is 16.6. The van der Waals surface area contributed by atoms with Gasteiger partial charge in [0.15, 0.2) is 6.61 Å². The van der Waals surface area contributed by atoms with E-state index in [0.717, 1.165) is 0 Å². The summed E-state index contributed by atoms with van der Waals surface area (Å²) in [5.41, 5.74) is 0.806. The maximum Gasteiger partial charge on any atom is 0.375 e. The molecule has 0 saturated heterocycles. The normalized spacial score (nSPS) is 10.6. The SMILES string of the molecule is CCOc1ccc2oc(C(=O)OCC(=O)Nc3ccccc3[N+](=O)[O-])c(C)c2c1. The van der Waals surface area contributed by atoms with Gasteiger partial charge >= 0.3 is 5.97 Å². The van der Waals surface area contributed by atoms with Crippen molar-refractivity contribution in [2.45, 2.75) is 13.8 Å². The summed E-state index contributed by atoms with van der Waals surface area (Å²) in [5, 5.41) is 14.0. The number of benzene rings is 2. The van der Waals surface area contributed by atoms with Crippen LogP contribution in [0.4, 0.5) is 11.4 Å². The van der Waals surface area contributed by atoms with E-state index < -0.39 is 23.4 Å². The van der Waals surface area contributed by atoms with Crippen LogP contribution in [0.1, 0.15) is 23.0 Å². The van der Waals surface area contributed by atoms with Gasteiger partial charge in [0.25, 0.3) is 11.6 Å². The zero-order valence-corrected chi connectivity index (χ0v) is 15.8. The number of carbonyl (C=O) groups is 2. The van der Waals surface area contributed by atoms with E-state index in [2.05, 4.69) is 5.32 Å². The van der Waals surface area contributed by atoms with E-state index in [1.165, 1.54) is 18.2 Å². The molecule has 9 heteroatoms. The summed E-state index contributed by atoms with van der Waals surface area (Å²) < 4.78 is 16.0. The minimum Gasteiger partial charge on any atom is -0.494 e. The number of hydrogen-bond acceptors (Lipinski definition) is 7. The Morgan fingerprint density at radius 3 is 2.69 bits per heavy atom. The van der Waals surface area contributed by atoms with Crippen LogP contribution < -0.4 is 10.1 Å². The zero-order valence-electron chi connectivity index (χ0n) is 15.8. The molecule has 3 aromatic rings. The second kappa shape index (κ2) is 8.42. The van der Waals surface area contributed by atoms with Gasteiger partial charge in [0.1, 0.15) is 17.0 Å². The fourth-order valence-corrected chi connectivity index (χ4v) is 2.77. The predicted octanol–water partition coefficient (Wildman–Crippen LogP) is 3.84. The van der Waals surface area contributed by atoms with Crippen molar-refractivity contribution in [3.63, 3.8) is 0 Å². The van der Waals surface area contributed by atoms with Crippen LogP contribution in [0, 0.1) is 17.0 Å². The summed E-state index contributed by atoms with van der Waals surface area (Å²) in [6.07, 6.45) is 0. The molecule has 1 aromatic heterocycles. The number of rotatable bonds is 7. The number of para-hydroxylation sites is 2. The van der Waals surface area contributed by atoms with Gasteiger partial charge in [-0.3, -0.25) is 14.9 Å². The molecular weight excluding hydrogens is 380 g/mol. The number of nitro benzene ring substituents is 1. The summed E-state index contributed by atoms with van der Waals surface area (Å²) in [7, 11) is 0. The number of nitrogens with zero attached hydrogens (tertiary/aromatic N) is 1. The largest absolute Gasteiger partial charge is 0.494 e. The molecule has 29 heavy (non-hydrogen) atoms. The lowest BCUT2D eigenvalue weighted by Crippen LogP contribution is -2.21. The number of furan rings is 1. The van der Waals surface area contributed by atoms with Crippen molar-refractivity contribution < 1.29 is 28.4 Å². The van der Waals surface area contributed by atoms with Gasteiger partial charge in [-0.05, 0) is 38.1 Å². The number of amides is 1. The van der Waals surface area contributed by atoms with Gasteiger partial charge in [0, 0.05) is 17.0 Å². The highest BCUT2D eigenvalue weighted by Crippen LogP contribution is 2.29. The molecule has 0 radical (unpaired) electrons. The summed E-state index contributed by atoms with van der Waals surface area (Å²) >= 11 is 0. The number of aryl methyl sites for hydroxylation is 1. The smallest absolute Gasteiger partial charge is 0.375 e. The number of hydrogen-bond donors (Lipinski definition) is 1. The third kappa shape index (κ3) is 4.34. The van der Waals surface area contributed by atoms with Crippen molar-refractivity contribution in [3.8, 4) is 5.75 Å². The molecule has 1 N–H and O–H groups in total. The summed E-state index contributed by atoms with van der Waals surface area (Å²) in [4.78, 5) is 34.8. The first-order chi connectivity index (χ1) is 13.9. The van der Waals surface area contributed by atoms with Crippen molar-refractivity contribution in [2.75, 3.05) is 18.5 Å². The molecule has 0 spiro atoms. The van der Waals surface area contributed by atoms with Gasteiger partial charge in [-0.1, -0.05) is 12.1 Å². The maximum absolute atomic E-state index is 12.3. The van der Waals surface area contributed by atoms with Crippen molar-refractivity contribution in [1.29, 1.82) is 0 Å². The molecule has 0 aliphatic heterocycles. The number of nitro groups is 1. The van der Waals surface area contributed by atoms with Crippen molar-refractivity contribution in [1.82, 2.24) is 0 Å². The number of esters is 1. The molecule has 1 amide bonds. The Morgan fingerprint density at radius 1 is 1.21 bits per heavy atom. The molecule has 9 nitrogen and oxygen atoms in total. The Morgan fingerprint density at radius 2 is 1.97 bits per heavy atom. The average molecular weight is 398 g/mol. The van der Waals surface area contributed by atoms with Crippen LogP contribution in [0.15, 0.2) is 46.9 Å². The predicted molar refractivity (Wildman–Crippen MR) is 104 cm³/mol. The first-order valence-corrected chi connectivity index (χ1v) is 8.77. The minimum absolute atomic E-state index is 0.0157. The van der Waals surface area contributed by atoms with Gasteiger partial charge < -0.3 is 19.2 Å². The van der Waals surface area contributed by atoms with Gasteiger partial charge in [-0.2, -0.15) is 0 Å². The van der Waals surface area contributed by atoms with E-state index >= 15 is 0 Å². The molecule has 0 saturated carbocycles. The number of carbonyl (C=O) groups excluding carboxylic acids is 2. The van der Waals surface area contributed by atoms with E-state index in [0.29, 0.717) is 28.9 Å². The minimum atomic E-state index is -0.811. The molecule has 3 rings (SSSR count). The maximum atomic E-state index is 12.3. The Balaban J connectivity index is 1.68. The van der Waals surface area contributed by atoms with Crippen LogP contribution in [-0.4, -0.2) is 30.0 Å². The quantitative estimate of drug-likeness (QED) is 0.364. The monoisotopic (exact) mass is 398 g/mol. The molecule has 0 aliphatic carbocycles. The Hall–Kier alpha value is -3.88. The zero-order chi connectivity index (χ0) is 21.0. The Bertz CT molecular complexity index is 1090. The van der Waals surface area contributed by atoms with E-state index in [-0.39, 0.29) is 17.1 Å². The van der Waals surface area contributed by atoms with E-state index in [1.54, 1.807) is 31.2 Å². The second-order valence-electron chi connectivity index (χ2n) is 6.05. The van der Waals surface area contributed by atoms with Crippen LogP contribution in [0.2, 0.25) is 0 Å². The first-order valence-electron chi connectivity index (χ1n) is 8.77. The van der Waals surface area contributed by atoms with Gasteiger partial charge in [-0.25, -0.2) is 4.79 Å². The molecule has 150 valence electrons. The molecular formula is C20H18N2O7. The molecule has 1 heterocycles. The molecule has 2 aromatic carbocycles. The van der Waals surface area contributed by atoms with Crippen LogP contribution >= 0.6 is 0 Å². The lowest BCUT2D eigenvalue weighted by Gasteiger charge is -2.06. The highest BCUT2D eigenvalue weighted by Gasteiger charge is 2.21. The summed E-state index contributed by atoms with van der Waals surface area (Å²) in [5.74, 6) is -0.894. The van der Waals surface area contributed by atoms with Crippen LogP contribution in [0.5, 0.6) is 5.75 Å². The lowest BCUT2D eigenvalue weighted by atomic mass is 10.1. The van der Waals surface area contributed by atoms with E-state index in [4.69, 9.17) is 13.9 Å². The topological polar surface area (TPSA) is 121 Å². The van der Waals surface area contributed by atoms with Crippen molar-refractivity contribution >= 4 is 34.2 Å². The molecule has 0 bridgehead atoms. The van der Waals surface area contributed by atoms with Gasteiger partial charge in [-0.15, -0.1) is 0 Å². The molecule has 0 aliphatic rings. The van der Waals surface area contributed by atoms with Crippen LogP contribution in [0.25, 0.3) is 11.0 Å². The first kappa shape index (κ1) is 19.9. The Labute approximate surface area is 165 Å². The van der Waals surface area contributed by atoms with Crippen molar-refractivity contribution in [3.05, 3.63) is 63.9 Å². The third-order valence-corrected chi connectivity index (χ3v) is 4.11. The highest BCUT2D eigenvalue weighted by molar-refractivity contribution is 5.99. The molecule has 0 unspecified atom stereocenters. The standard InChI is InChI=1S/C20H18N2O7/c1-3-27-13-8-9-17-14(10-13)12(2)19(29-17)20(24)28-11-18(23)21-15-6-4-5-7-16(15)22(25)26/h4-10H,3,11H2,1-2H3,(H,21,23). The van der Waals surface area contributed by atoms with Crippen LogP contribution in [-0.2, 0) is 9.53 Å². The third-order valence-electron chi connectivity index (χ3n) is 4.11. The molecule has 0 fully saturated rings. The number of fused-ring (bicyclic) bond motifs is 1. The van der Waals surface area contributed by atoms with E-state index in [1.807, 2.05) is 6.92 Å².